The molecule has 0 unspecified atom stereocenters. The third kappa shape index (κ3) is 9.84. The van der Waals surface area contributed by atoms with Crippen LogP contribution in [0.1, 0.15) is 6.92 Å². The van der Waals surface area contributed by atoms with Crippen molar-refractivity contribution in [2.45, 2.75) is 6.92 Å². The molecule has 0 atom stereocenters. The summed E-state index contributed by atoms with van der Waals surface area (Å²) in [5.41, 5.74) is 0. The zero-order valence-corrected chi connectivity index (χ0v) is 16.2. The lowest BCUT2D eigenvalue weighted by Crippen LogP contribution is -2.44. The quantitative estimate of drug-likeness (QED) is 0.680. The van der Waals surface area contributed by atoms with Gasteiger partial charge in [-0.3, -0.25) is 9.80 Å². The molecule has 2 aliphatic heterocycles. The summed E-state index contributed by atoms with van der Waals surface area (Å²) in [4.78, 5) is 7.50. The first-order chi connectivity index (χ1) is 12.4. The topological polar surface area (TPSA) is 52.2 Å². The molecule has 7 nitrogen and oxygen atoms in total. The molecule has 0 bridgehead atoms. The maximum absolute atomic E-state index is 5.91. The van der Waals surface area contributed by atoms with Crippen molar-refractivity contribution in [3.05, 3.63) is 0 Å². The Hall–Kier alpha value is -0.280. The fraction of sp³-hybridized carbons (Fsp3) is 1.00. The minimum absolute atomic E-state index is 0.832. The summed E-state index contributed by atoms with van der Waals surface area (Å²) in [5.74, 6) is 0. The zero-order chi connectivity index (χ0) is 17.6. The smallest absolute Gasteiger partial charge is 0.0594 e. The van der Waals surface area contributed by atoms with E-state index in [1.165, 1.54) is 0 Å². The number of ether oxygens (including phenoxy) is 2. The van der Waals surface area contributed by atoms with Gasteiger partial charge in [0.25, 0.3) is 0 Å². The Morgan fingerprint density at radius 3 is 1.56 bits per heavy atom. The Morgan fingerprint density at radius 1 is 0.600 bits per heavy atom. The van der Waals surface area contributed by atoms with Crippen molar-refractivity contribution in [2.24, 2.45) is 0 Å². The van der Waals surface area contributed by atoms with Crippen molar-refractivity contribution in [2.75, 3.05) is 112 Å². The molecule has 0 spiro atoms. The first-order valence-electron chi connectivity index (χ1n) is 10.1. The fourth-order valence-electron chi connectivity index (χ4n) is 3.26. The van der Waals surface area contributed by atoms with Gasteiger partial charge in [0.15, 0.2) is 0 Å². The largest absolute Gasteiger partial charge is 0.379 e. The molecule has 2 aliphatic rings. The van der Waals surface area contributed by atoms with Crippen LogP contribution in [-0.4, -0.2) is 126 Å². The third-order valence-electron chi connectivity index (χ3n) is 5.08. The first kappa shape index (κ1) is 21.0. The Labute approximate surface area is 154 Å². The van der Waals surface area contributed by atoms with Crippen molar-refractivity contribution in [3.63, 3.8) is 0 Å². The highest BCUT2D eigenvalue weighted by Crippen LogP contribution is 1.98. The van der Waals surface area contributed by atoms with E-state index in [4.69, 9.17) is 9.47 Å². The number of likely N-dealkylation sites (N-methyl/N-ethyl adjacent to an activating group) is 1. The molecule has 2 fully saturated rings. The summed E-state index contributed by atoms with van der Waals surface area (Å²) < 4.78 is 11.3. The second-order valence-electron chi connectivity index (χ2n) is 6.84. The highest BCUT2D eigenvalue weighted by atomic mass is 16.5. The van der Waals surface area contributed by atoms with Crippen molar-refractivity contribution >= 4 is 0 Å². The van der Waals surface area contributed by atoms with Gasteiger partial charge < -0.3 is 25.0 Å². The first-order valence-corrected chi connectivity index (χ1v) is 10.1. The summed E-state index contributed by atoms with van der Waals surface area (Å²) in [6.07, 6.45) is 0. The summed E-state index contributed by atoms with van der Waals surface area (Å²) >= 11 is 0. The van der Waals surface area contributed by atoms with Gasteiger partial charge in [-0.1, -0.05) is 6.92 Å². The number of nitrogens with zero attached hydrogens (tertiary/aromatic N) is 3. The highest BCUT2D eigenvalue weighted by Gasteiger charge is 2.12. The highest BCUT2D eigenvalue weighted by molar-refractivity contribution is 4.68. The predicted octanol–water partition coefficient (Wildman–Crippen LogP) is -0.848. The monoisotopic (exact) mass is 357 g/mol. The molecule has 0 aromatic heterocycles. The predicted molar refractivity (Wildman–Crippen MR) is 102 cm³/mol. The van der Waals surface area contributed by atoms with Crippen LogP contribution in [-0.2, 0) is 9.47 Å². The number of morpholine rings is 1. The molecule has 2 N–H and O–H groups in total. The van der Waals surface area contributed by atoms with Gasteiger partial charge >= 0.3 is 0 Å². The molecule has 0 aromatic carbocycles. The van der Waals surface area contributed by atoms with Gasteiger partial charge in [-0.15, -0.1) is 0 Å². The molecule has 2 saturated heterocycles. The summed E-state index contributed by atoms with van der Waals surface area (Å²) in [5, 5.41) is 7.08. The normalized spacial score (nSPS) is 25.3. The number of hydrogen-bond acceptors (Lipinski definition) is 7. The van der Waals surface area contributed by atoms with E-state index in [2.05, 4.69) is 32.3 Å². The van der Waals surface area contributed by atoms with E-state index < -0.39 is 0 Å². The maximum atomic E-state index is 5.91. The van der Waals surface area contributed by atoms with Crippen LogP contribution in [0.2, 0.25) is 0 Å². The lowest BCUT2D eigenvalue weighted by atomic mass is 10.3. The Kier molecular flexibility index (Phi) is 11.7. The van der Waals surface area contributed by atoms with E-state index in [0.717, 1.165) is 112 Å². The standard InChI is InChI=1S/C18H39N5O2/c1-2-21-7-5-19-3-4-20-6-8-22(12-16-24-15-11-21)9-10-23-13-17-25-18-14-23/h19-20H,2-18H2,1H3. The second kappa shape index (κ2) is 13.9. The van der Waals surface area contributed by atoms with Gasteiger partial charge in [0.05, 0.1) is 26.4 Å². The summed E-state index contributed by atoms with van der Waals surface area (Å²) in [7, 11) is 0. The fourth-order valence-corrected chi connectivity index (χ4v) is 3.26. The zero-order valence-electron chi connectivity index (χ0n) is 16.2. The molecule has 2 rings (SSSR count). The van der Waals surface area contributed by atoms with E-state index in [-0.39, 0.29) is 0 Å². The number of nitrogens with one attached hydrogen (secondary N) is 2. The van der Waals surface area contributed by atoms with Crippen LogP contribution in [0.15, 0.2) is 0 Å². The minimum Gasteiger partial charge on any atom is -0.379 e. The van der Waals surface area contributed by atoms with Crippen LogP contribution < -0.4 is 10.6 Å². The Morgan fingerprint density at radius 2 is 1.04 bits per heavy atom. The molecule has 0 aromatic rings. The van der Waals surface area contributed by atoms with Crippen molar-refractivity contribution in [3.8, 4) is 0 Å². The number of rotatable bonds is 4. The molecule has 2 heterocycles. The van der Waals surface area contributed by atoms with Gasteiger partial charge in [0, 0.05) is 78.5 Å². The van der Waals surface area contributed by atoms with Crippen LogP contribution >= 0.6 is 0 Å². The van der Waals surface area contributed by atoms with Crippen LogP contribution in [0.5, 0.6) is 0 Å². The van der Waals surface area contributed by atoms with Gasteiger partial charge in [-0.25, -0.2) is 0 Å². The Bertz CT molecular complexity index is 316. The van der Waals surface area contributed by atoms with Gasteiger partial charge in [-0.05, 0) is 6.54 Å². The summed E-state index contributed by atoms with van der Waals surface area (Å²) in [6, 6.07) is 0. The van der Waals surface area contributed by atoms with Crippen LogP contribution in [0.3, 0.4) is 0 Å². The molecule has 25 heavy (non-hydrogen) atoms. The van der Waals surface area contributed by atoms with Gasteiger partial charge in [0.2, 0.25) is 0 Å². The van der Waals surface area contributed by atoms with E-state index in [9.17, 15) is 0 Å². The van der Waals surface area contributed by atoms with Crippen molar-refractivity contribution < 1.29 is 9.47 Å². The lowest BCUT2D eigenvalue weighted by molar-refractivity contribution is 0.0305. The molecule has 148 valence electrons. The van der Waals surface area contributed by atoms with Crippen molar-refractivity contribution in [1.82, 2.24) is 25.3 Å². The average Bonchev–Trinajstić information content (AvgIpc) is 2.66. The molecular formula is C18H39N5O2. The lowest BCUT2D eigenvalue weighted by Gasteiger charge is -2.30. The van der Waals surface area contributed by atoms with E-state index in [0.29, 0.717) is 0 Å². The molecule has 7 heteroatoms. The molecular weight excluding hydrogens is 318 g/mol. The summed E-state index contributed by atoms with van der Waals surface area (Å²) in [6.45, 7) is 19.6. The van der Waals surface area contributed by atoms with Gasteiger partial charge in [-0.2, -0.15) is 0 Å². The maximum Gasteiger partial charge on any atom is 0.0594 e. The van der Waals surface area contributed by atoms with Crippen LogP contribution in [0.4, 0.5) is 0 Å². The van der Waals surface area contributed by atoms with Gasteiger partial charge in [0.1, 0.15) is 0 Å². The van der Waals surface area contributed by atoms with E-state index >= 15 is 0 Å². The minimum atomic E-state index is 0.832. The van der Waals surface area contributed by atoms with Crippen molar-refractivity contribution in [1.29, 1.82) is 0 Å². The van der Waals surface area contributed by atoms with Crippen LogP contribution in [0, 0.1) is 0 Å². The number of hydrogen-bond donors (Lipinski definition) is 2. The SMILES string of the molecule is CCN1CCNCCNCCN(CCN2CCOCC2)CCOCC1. The van der Waals surface area contributed by atoms with Crippen LogP contribution in [0.25, 0.3) is 0 Å². The van der Waals surface area contributed by atoms with E-state index in [1.54, 1.807) is 0 Å². The Balaban J connectivity index is 1.70. The molecule has 0 amide bonds. The van der Waals surface area contributed by atoms with E-state index in [1.807, 2.05) is 0 Å². The molecule has 0 radical (unpaired) electrons. The molecule has 0 saturated carbocycles. The average molecular weight is 358 g/mol. The third-order valence-corrected chi connectivity index (χ3v) is 5.08. The molecule has 0 aliphatic carbocycles. The second-order valence-corrected chi connectivity index (χ2v) is 6.84.